The summed E-state index contributed by atoms with van der Waals surface area (Å²) < 4.78 is 0.980. The summed E-state index contributed by atoms with van der Waals surface area (Å²) in [7, 11) is 0. The Morgan fingerprint density at radius 3 is 2.93 bits per heavy atom. The highest BCUT2D eigenvalue weighted by Crippen LogP contribution is 2.27. The molecule has 0 spiro atoms. The molecule has 0 radical (unpaired) electrons. The number of hydrogen-bond donors (Lipinski definition) is 1. The summed E-state index contributed by atoms with van der Waals surface area (Å²) >= 11 is 9.40. The van der Waals surface area contributed by atoms with Crippen LogP contribution in [-0.2, 0) is 0 Å². The molecule has 0 aliphatic carbocycles. The first-order valence-electron chi connectivity index (χ1n) is 4.29. The normalized spacial score (nSPS) is 12.1. The number of nitrogens with two attached hydrogens (primary N) is 1. The maximum absolute atomic E-state index is 6.02. The van der Waals surface area contributed by atoms with Crippen LogP contribution >= 0.6 is 27.5 Å². The van der Waals surface area contributed by atoms with E-state index in [1.54, 1.807) is 0 Å². The van der Waals surface area contributed by atoms with E-state index in [0.717, 1.165) is 16.5 Å². The summed E-state index contributed by atoms with van der Waals surface area (Å²) in [5, 5.41) is 0.692. The van der Waals surface area contributed by atoms with E-state index < -0.39 is 0 Å². The molecule has 0 fully saturated rings. The Morgan fingerprint density at radius 1 is 1.57 bits per heavy atom. The molecule has 0 amide bonds. The van der Waals surface area contributed by atoms with Crippen molar-refractivity contribution in [2.75, 3.05) is 0 Å². The Balaban J connectivity index is 2.83. The molecule has 0 saturated heterocycles. The highest BCUT2D eigenvalue weighted by Gasteiger charge is 2.09. The highest BCUT2D eigenvalue weighted by molar-refractivity contribution is 9.10. The van der Waals surface area contributed by atoms with Crippen molar-refractivity contribution in [3.8, 4) is 12.3 Å². The molecule has 0 bridgehead atoms. The molecule has 1 unspecified atom stereocenters. The van der Waals surface area contributed by atoms with Gasteiger partial charge >= 0.3 is 0 Å². The maximum atomic E-state index is 6.02. The van der Waals surface area contributed by atoms with Gasteiger partial charge in [-0.25, -0.2) is 0 Å². The molecule has 0 aliphatic rings. The molecule has 3 heteroatoms. The average Bonchev–Trinajstić information content (AvgIpc) is 2.18. The van der Waals surface area contributed by atoms with E-state index in [4.69, 9.17) is 23.8 Å². The van der Waals surface area contributed by atoms with Crippen LogP contribution in [0.1, 0.15) is 24.4 Å². The summed E-state index contributed by atoms with van der Waals surface area (Å²) in [6, 6.07) is 5.57. The lowest BCUT2D eigenvalue weighted by molar-refractivity contribution is 0.668. The Kier molecular flexibility index (Phi) is 4.47. The molecule has 1 aromatic carbocycles. The Bertz CT molecular complexity index is 357. The SMILES string of the molecule is C#CCCC(N)c1cc(Br)ccc1Cl. The van der Waals surface area contributed by atoms with Crippen molar-refractivity contribution in [3.05, 3.63) is 33.3 Å². The minimum atomic E-state index is -0.0870. The molecule has 0 heterocycles. The fraction of sp³-hybridized carbons (Fsp3) is 0.273. The van der Waals surface area contributed by atoms with Gasteiger partial charge in [0.05, 0.1) is 0 Å². The third-order valence-corrected chi connectivity index (χ3v) is 2.79. The van der Waals surface area contributed by atoms with Gasteiger partial charge in [-0.2, -0.15) is 0 Å². The first kappa shape index (κ1) is 11.6. The average molecular weight is 273 g/mol. The van der Waals surface area contributed by atoms with Crippen molar-refractivity contribution in [1.82, 2.24) is 0 Å². The lowest BCUT2D eigenvalue weighted by atomic mass is 10.0. The third kappa shape index (κ3) is 3.02. The highest BCUT2D eigenvalue weighted by atomic mass is 79.9. The smallest absolute Gasteiger partial charge is 0.0454 e. The molecule has 1 atom stereocenters. The fourth-order valence-corrected chi connectivity index (χ4v) is 1.83. The molecule has 2 N–H and O–H groups in total. The van der Waals surface area contributed by atoms with Crippen LogP contribution in [-0.4, -0.2) is 0 Å². The second-order valence-electron chi connectivity index (χ2n) is 3.02. The largest absolute Gasteiger partial charge is 0.324 e. The molecule has 0 aromatic heterocycles. The fourth-order valence-electron chi connectivity index (χ4n) is 1.19. The van der Waals surface area contributed by atoms with Gasteiger partial charge in [-0.1, -0.05) is 27.5 Å². The topological polar surface area (TPSA) is 26.0 Å². The van der Waals surface area contributed by atoms with E-state index in [9.17, 15) is 0 Å². The van der Waals surface area contributed by atoms with Gasteiger partial charge in [0, 0.05) is 22.0 Å². The summed E-state index contributed by atoms with van der Waals surface area (Å²) in [4.78, 5) is 0. The molecule has 14 heavy (non-hydrogen) atoms. The van der Waals surface area contributed by atoms with Gasteiger partial charge < -0.3 is 5.73 Å². The zero-order valence-corrected chi connectivity index (χ0v) is 9.98. The lowest BCUT2D eigenvalue weighted by Gasteiger charge is -2.12. The van der Waals surface area contributed by atoms with Gasteiger partial charge in [0.25, 0.3) is 0 Å². The van der Waals surface area contributed by atoms with Crippen LogP contribution in [0.4, 0.5) is 0 Å². The Morgan fingerprint density at radius 2 is 2.29 bits per heavy atom. The van der Waals surface area contributed by atoms with Gasteiger partial charge in [-0.05, 0) is 30.2 Å². The van der Waals surface area contributed by atoms with Crippen LogP contribution in [0.2, 0.25) is 5.02 Å². The zero-order valence-electron chi connectivity index (χ0n) is 7.63. The summed E-state index contributed by atoms with van der Waals surface area (Å²) in [6.45, 7) is 0. The molecular weight excluding hydrogens is 261 g/mol. The zero-order chi connectivity index (χ0) is 10.6. The Labute approximate surface area is 97.8 Å². The van der Waals surface area contributed by atoms with Crippen molar-refractivity contribution in [1.29, 1.82) is 0 Å². The van der Waals surface area contributed by atoms with E-state index in [-0.39, 0.29) is 6.04 Å². The number of benzene rings is 1. The standard InChI is InChI=1S/C11H11BrClN/c1-2-3-4-11(14)9-7-8(12)5-6-10(9)13/h1,5-7,11H,3-4,14H2. The minimum absolute atomic E-state index is 0.0870. The maximum Gasteiger partial charge on any atom is 0.0454 e. The molecule has 74 valence electrons. The quantitative estimate of drug-likeness (QED) is 0.837. The van der Waals surface area contributed by atoms with E-state index in [0.29, 0.717) is 11.4 Å². The van der Waals surface area contributed by atoms with Crippen LogP contribution in [0.15, 0.2) is 22.7 Å². The van der Waals surface area contributed by atoms with Crippen molar-refractivity contribution in [2.24, 2.45) is 5.73 Å². The van der Waals surface area contributed by atoms with Gasteiger partial charge in [-0.3, -0.25) is 0 Å². The van der Waals surface area contributed by atoms with Crippen molar-refractivity contribution in [2.45, 2.75) is 18.9 Å². The van der Waals surface area contributed by atoms with Gasteiger partial charge in [0.1, 0.15) is 0 Å². The molecule has 1 rings (SSSR count). The van der Waals surface area contributed by atoms with Crippen LogP contribution in [0, 0.1) is 12.3 Å². The number of rotatable bonds is 3. The van der Waals surface area contributed by atoms with Crippen molar-refractivity contribution < 1.29 is 0 Å². The molecule has 0 aliphatic heterocycles. The molecular formula is C11H11BrClN. The van der Waals surface area contributed by atoms with Gasteiger partial charge in [0.15, 0.2) is 0 Å². The van der Waals surface area contributed by atoms with E-state index >= 15 is 0 Å². The van der Waals surface area contributed by atoms with E-state index in [2.05, 4.69) is 21.9 Å². The Hall–Kier alpha value is -0.490. The predicted molar refractivity (Wildman–Crippen MR) is 64.1 cm³/mol. The number of halogens is 2. The summed E-state index contributed by atoms with van der Waals surface area (Å²) in [5.74, 6) is 2.57. The first-order valence-corrected chi connectivity index (χ1v) is 5.46. The summed E-state index contributed by atoms with van der Waals surface area (Å²) in [5.41, 5.74) is 6.89. The van der Waals surface area contributed by atoms with Crippen LogP contribution < -0.4 is 5.73 Å². The van der Waals surface area contributed by atoms with Crippen LogP contribution in [0.3, 0.4) is 0 Å². The predicted octanol–water partition coefficient (Wildman–Crippen LogP) is 3.52. The molecule has 1 nitrogen and oxygen atoms in total. The number of hydrogen-bond acceptors (Lipinski definition) is 1. The van der Waals surface area contributed by atoms with Gasteiger partial charge in [-0.15, -0.1) is 12.3 Å². The van der Waals surface area contributed by atoms with Crippen LogP contribution in [0.5, 0.6) is 0 Å². The minimum Gasteiger partial charge on any atom is -0.324 e. The van der Waals surface area contributed by atoms with Crippen molar-refractivity contribution >= 4 is 27.5 Å². The summed E-state index contributed by atoms with van der Waals surface area (Å²) in [6.07, 6.45) is 6.60. The number of terminal acetylenes is 1. The molecule has 1 aromatic rings. The first-order chi connectivity index (χ1) is 6.65. The van der Waals surface area contributed by atoms with Crippen LogP contribution in [0.25, 0.3) is 0 Å². The van der Waals surface area contributed by atoms with Crippen molar-refractivity contribution in [3.63, 3.8) is 0 Å². The van der Waals surface area contributed by atoms with E-state index in [1.807, 2.05) is 18.2 Å². The monoisotopic (exact) mass is 271 g/mol. The lowest BCUT2D eigenvalue weighted by Crippen LogP contribution is -2.10. The van der Waals surface area contributed by atoms with E-state index in [1.165, 1.54) is 0 Å². The van der Waals surface area contributed by atoms with Gasteiger partial charge in [0.2, 0.25) is 0 Å². The molecule has 0 saturated carbocycles. The third-order valence-electron chi connectivity index (χ3n) is 1.96. The second kappa shape index (κ2) is 5.41. The second-order valence-corrected chi connectivity index (χ2v) is 4.34.